The number of halogens is 6. The summed E-state index contributed by atoms with van der Waals surface area (Å²) in [7, 11) is 1.12. The predicted octanol–water partition coefficient (Wildman–Crippen LogP) is 5.46. The Morgan fingerprint density at radius 1 is 0.946 bits per heavy atom. The monoisotopic (exact) mass is 529 g/mol. The van der Waals surface area contributed by atoms with Crippen molar-refractivity contribution in [1.82, 2.24) is 4.98 Å². The van der Waals surface area contributed by atoms with Gasteiger partial charge in [-0.05, 0) is 48.9 Å². The van der Waals surface area contributed by atoms with E-state index >= 15 is 0 Å². The van der Waals surface area contributed by atoms with E-state index in [0.717, 1.165) is 44.5 Å². The molecule has 37 heavy (non-hydrogen) atoms. The first-order valence-electron chi connectivity index (χ1n) is 10.1. The van der Waals surface area contributed by atoms with Crippen LogP contribution < -0.4 is 25.3 Å². The number of nitrogens with two attached hydrogens (primary N) is 1. The largest absolute Gasteiger partial charge is 0.573 e. The first kappa shape index (κ1) is 27.1. The Kier molecular flexibility index (Phi) is 7.50. The van der Waals surface area contributed by atoms with Crippen LogP contribution in [0.3, 0.4) is 0 Å². The number of primary amides is 1. The van der Waals surface area contributed by atoms with Crippen molar-refractivity contribution >= 4 is 17.5 Å². The summed E-state index contributed by atoms with van der Waals surface area (Å²) in [6, 6.07) is 6.82. The van der Waals surface area contributed by atoms with Crippen LogP contribution in [0.1, 0.15) is 32.0 Å². The summed E-state index contributed by atoms with van der Waals surface area (Å²) in [5, 5.41) is 2.36. The fraction of sp³-hybridized carbons (Fsp3) is 0.174. The number of pyridine rings is 1. The molecule has 0 atom stereocenters. The minimum atomic E-state index is -4.98. The standard InChI is InChI=1S/C23H17F6N3O5/c1-11-14(22(24,25)26)5-8-17(19(11)21(34)32-12-3-6-15(20(30)33)31-10-12)36-16-7-4-13(9-18(16)35-2)37-23(27,28)29/h3-10H,1-2H3,(H2,30,33)(H,32,34). The van der Waals surface area contributed by atoms with Crippen LogP contribution in [-0.4, -0.2) is 30.3 Å². The predicted molar refractivity (Wildman–Crippen MR) is 117 cm³/mol. The van der Waals surface area contributed by atoms with Gasteiger partial charge in [-0.3, -0.25) is 9.59 Å². The lowest BCUT2D eigenvalue weighted by Crippen LogP contribution is -2.19. The molecule has 0 bridgehead atoms. The van der Waals surface area contributed by atoms with Crippen LogP contribution in [0.4, 0.5) is 32.0 Å². The van der Waals surface area contributed by atoms with E-state index in [9.17, 15) is 35.9 Å². The molecule has 0 aliphatic heterocycles. The van der Waals surface area contributed by atoms with Gasteiger partial charge in [-0.15, -0.1) is 13.2 Å². The molecular weight excluding hydrogens is 512 g/mol. The maximum absolute atomic E-state index is 13.5. The second-order valence-corrected chi connectivity index (χ2v) is 7.32. The van der Waals surface area contributed by atoms with E-state index in [-0.39, 0.29) is 28.6 Å². The fourth-order valence-electron chi connectivity index (χ4n) is 3.22. The second-order valence-electron chi connectivity index (χ2n) is 7.32. The first-order chi connectivity index (χ1) is 17.2. The van der Waals surface area contributed by atoms with Crippen LogP contribution in [0, 0.1) is 6.92 Å². The topological polar surface area (TPSA) is 113 Å². The molecule has 2 aromatic carbocycles. The molecule has 0 radical (unpaired) electrons. The van der Waals surface area contributed by atoms with Gasteiger partial charge in [-0.1, -0.05) is 0 Å². The van der Waals surface area contributed by atoms with Gasteiger partial charge in [0.05, 0.1) is 30.1 Å². The maximum atomic E-state index is 13.5. The van der Waals surface area contributed by atoms with Crippen molar-refractivity contribution in [2.24, 2.45) is 5.73 Å². The highest BCUT2D eigenvalue weighted by molar-refractivity contribution is 6.07. The lowest BCUT2D eigenvalue weighted by molar-refractivity contribution is -0.274. The van der Waals surface area contributed by atoms with Gasteiger partial charge in [0.1, 0.15) is 17.2 Å². The van der Waals surface area contributed by atoms with Crippen molar-refractivity contribution in [2.75, 3.05) is 12.4 Å². The van der Waals surface area contributed by atoms with Crippen molar-refractivity contribution < 1.29 is 50.1 Å². The van der Waals surface area contributed by atoms with Gasteiger partial charge in [0, 0.05) is 6.07 Å². The number of anilines is 1. The van der Waals surface area contributed by atoms with Crippen LogP contribution in [0.2, 0.25) is 0 Å². The Labute approximate surface area is 205 Å². The third-order valence-corrected chi connectivity index (χ3v) is 4.82. The van der Waals surface area contributed by atoms with Crippen LogP contribution >= 0.6 is 0 Å². The molecule has 196 valence electrons. The fourth-order valence-corrected chi connectivity index (χ4v) is 3.22. The molecule has 1 heterocycles. The molecule has 0 aliphatic carbocycles. The van der Waals surface area contributed by atoms with E-state index in [2.05, 4.69) is 15.0 Å². The quantitative estimate of drug-likeness (QED) is 0.393. The SMILES string of the molecule is COc1cc(OC(F)(F)F)ccc1Oc1ccc(C(F)(F)F)c(C)c1C(=O)Nc1ccc(C(N)=O)nc1. The third kappa shape index (κ3) is 6.59. The van der Waals surface area contributed by atoms with Crippen LogP contribution in [0.5, 0.6) is 23.0 Å². The van der Waals surface area contributed by atoms with E-state index in [1.807, 2.05) is 0 Å². The summed E-state index contributed by atoms with van der Waals surface area (Å²) in [4.78, 5) is 28.0. The minimum absolute atomic E-state index is 0.0315. The normalized spacial score (nSPS) is 11.6. The summed E-state index contributed by atoms with van der Waals surface area (Å²) < 4.78 is 92.6. The molecule has 0 saturated carbocycles. The number of carbonyl (C=O) groups excluding carboxylic acids is 2. The number of nitrogens with one attached hydrogen (secondary N) is 1. The van der Waals surface area contributed by atoms with Crippen LogP contribution in [0.25, 0.3) is 0 Å². The Morgan fingerprint density at radius 3 is 2.16 bits per heavy atom. The van der Waals surface area contributed by atoms with Gasteiger partial charge in [0.2, 0.25) is 0 Å². The number of hydrogen-bond donors (Lipinski definition) is 2. The van der Waals surface area contributed by atoms with Crippen molar-refractivity contribution in [3.05, 3.63) is 71.0 Å². The van der Waals surface area contributed by atoms with Crippen molar-refractivity contribution in [2.45, 2.75) is 19.5 Å². The van der Waals surface area contributed by atoms with E-state index in [0.29, 0.717) is 6.07 Å². The Balaban J connectivity index is 2.02. The molecule has 3 aromatic rings. The Bertz CT molecular complexity index is 1320. The molecule has 2 amide bonds. The molecule has 8 nitrogen and oxygen atoms in total. The second kappa shape index (κ2) is 10.2. The number of aromatic nitrogens is 1. The summed E-state index contributed by atoms with van der Waals surface area (Å²) in [6.45, 7) is 1.05. The van der Waals surface area contributed by atoms with Gasteiger partial charge in [-0.25, -0.2) is 4.98 Å². The number of alkyl halides is 6. The van der Waals surface area contributed by atoms with Crippen molar-refractivity contribution in [3.63, 3.8) is 0 Å². The molecule has 0 unspecified atom stereocenters. The average molecular weight is 529 g/mol. The highest BCUT2D eigenvalue weighted by Crippen LogP contribution is 2.41. The van der Waals surface area contributed by atoms with E-state index in [1.165, 1.54) is 12.1 Å². The van der Waals surface area contributed by atoms with Crippen molar-refractivity contribution in [3.8, 4) is 23.0 Å². The van der Waals surface area contributed by atoms with E-state index < -0.39 is 46.8 Å². The molecule has 0 aliphatic rings. The molecule has 0 fully saturated rings. The lowest BCUT2D eigenvalue weighted by Gasteiger charge is -2.19. The lowest BCUT2D eigenvalue weighted by atomic mass is 10.00. The average Bonchev–Trinajstić information content (AvgIpc) is 2.78. The molecule has 3 rings (SSSR count). The first-order valence-corrected chi connectivity index (χ1v) is 10.1. The van der Waals surface area contributed by atoms with Gasteiger partial charge in [0.15, 0.2) is 11.5 Å². The minimum Gasteiger partial charge on any atom is -0.493 e. The van der Waals surface area contributed by atoms with Gasteiger partial charge in [0.25, 0.3) is 11.8 Å². The molecule has 3 N–H and O–H groups in total. The number of ether oxygens (including phenoxy) is 3. The van der Waals surface area contributed by atoms with E-state index in [4.69, 9.17) is 15.2 Å². The zero-order valence-electron chi connectivity index (χ0n) is 19.0. The Hall–Kier alpha value is -4.49. The highest BCUT2D eigenvalue weighted by Gasteiger charge is 2.35. The van der Waals surface area contributed by atoms with Gasteiger partial charge >= 0.3 is 12.5 Å². The summed E-state index contributed by atoms with van der Waals surface area (Å²) >= 11 is 0. The molecular formula is C23H17F6N3O5. The van der Waals surface area contributed by atoms with Crippen LogP contribution in [0.15, 0.2) is 48.7 Å². The number of rotatable bonds is 7. The summed E-state index contributed by atoms with van der Waals surface area (Å²) in [5.41, 5.74) is 2.90. The van der Waals surface area contributed by atoms with Gasteiger partial charge in [-0.2, -0.15) is 13.2 Å². The zero-order valence-corrected chi connectivity index (χ0v) is 19.0. The molecule has 1 aromatic heterocycles. The molecule has 0 spiro atoms. The van der Waals surface area contributed by atoms with Gasteiger partial charge < -0.3 is 25.3 Å². The van der Waals surface area contributed by atoms with Crippen LogP contribution in [-0.2, 0) is 6.18 Å². The highest BCUT2D eigenvalue weighted by atomic mass is 19.4. The third-order valence-electron chi connectivity index (χ3n) is 4.82. The van der Waals surface area contributed by atoms with Crippen molar-refractivity contribution in [1.29, 1.82) is 0 Å². The number of hydrogen-bond acceptors (Lipinski definition) is 6. The number of carbonyl (C=O) groups is 2. The maximum Gasteiger partial charge on any atom is 0.573 e. The number of benzene rings is 2. The smallest absolute Gasteiger partial charge is 0.493 e. The Morgan fingerprint density at radius 2 is 1.62 bits per heavy atom. The summed E-state index contributed by atoms with van der Waals surface area (Å²) in [6.07, 6.45) is -8.71. The molecule has 14 heteroatoms. The number of nitrogens with zero attached hydrogens (tertiary/aromatic N) is 1. The number of methoxy groups -OCH3 is 1. The molecule has 0 saturated heterocycles. The summed E-state index contributed by atoms with van der Waals surface area (Å²) in [5.74, 6) is -3.31. The zero-order chi connectivity index (χ0) is 27.5. The number of amides is 2. The van der Waals surface area contributed by atoms with E-state index in [1.54, 1.807) is 0 Å².